The average Bonchev–Trinajstić information content (AvgIpc) is 3.59. The van der Waals surface area contributed by atoms with E-state index in [9.17, 15) is 4.79 Å². The number of nitrogens with two attached hydrogens (primary N) is 1. The van der Waals surface area contributed by atoms with Crippen LogP contribution in [0.15, 0.2) is 42.9 Å². The number of carbonyl (C=O) groups is 1. The molecule has 0 aliphatic carbocycles. The van der Waals surface area contributed by atoms with Crippen LogP contribution in [0.1, 0.15) is 32.7 Å². The molecule has 2 atom stereocenters. The van der Waals surface area contributed by atoms with Crippen molar-refractivity contribution in [1.29, 1.82) is 0 Å². The van der Waals surface area contributed by atoms with Crippen molar-refractivity contribution in [2.24, 2.45) is 0 Å². The van der Waals surface area contributed by atoms with Crippen LogP contribution >= 0.6 is 0 Å². The molecule has 2 N–H and O–H groups in total. The number of fused-ring (bicyclic) bond motifs is 1. The van der Waals surface area contributed by atoms with Crippen LogP contribution in [0.5, 0.6) is 0 Å². The predicted molar refractivity (Wildman–Crippen MR) is 146 cm³/mol. The first-order chi connectivity index (χ1) is 19.0. The number of rotatable bonds is 4. The number of methoxy groups -OCH3 is 1. The summed E-state index contributed by atoms with van der Waals surface area (Å²) >= 11 is 0. The molecule has 0 spiro atoms. The lowest BCUT2D eigenvalue weighted by Gasteiger charge is -2.45. The number of carbonyl (C=O) groups excluding carboxylic acids is 1. The van der Waals surface area contributed by atoms with Crippen molar-refractivity contribution < 1.29 is 14.3 Å². The number of nitrogen functional groups attached to an aromatic ring is 1. The van der Waals surface area contributed by atoms with Crippen LogP contribution in [0.4, 0.5) is 16.3 Å². The first-order valence-corrected chi connectivity index (χ1v) is 13.3. The molecule has 5 heterocycles. The zero-order chi connectivity index (χ0) is 27.1. The summed E-state index contributed by atoms with van der Waals surface area (Å²) in [5.41, 5.74) is 11.9. The summed E-state index contributed by atoms with van der Waals surface area (Å²) in [5.74, 6) is 0.392. The van der Waals surface area contributed by atoms with Gasteiger partial charge in [0, 0.05) is 55.2 Å². The van der Waals surface area contributed by atoms with Crippen molar-refractivity contribution in [3.63, 3.8) is 0 Å². The fraction of sp³-hybridized carbons (Fsp3) is 0.444. The quantitative estimate of drug-likeness (QED) is 0.422. The molecule has 0 radical (unpaired) electrons. The molecule has 6 rings (SSSR count). The SMILES string of the molecule is COC(=O)N1CC(C)N(c2cccc(-c3cc(-c4cnnn4C4CCOCC4)c4c(N)ncnn34)c2)C(C)C1. The second-order valence-corrected chi connectivity index (χ2v) is 10.3. The highest BCUT2D eigenvalue weighted by atomic mass is 16.5. The second-order valence-electron chi connectivity index (χ2n) is 10.3. The number of hydrogen-bond acceptors (Lipinski definition) is 9. The first kappa shape index (κ1) is 25.1. The Morgan fingerprint density at radius 1 is 1.10 bits per heavy atom. The lowest BCUT2D eigenvalue weighted by Crippen LogP contribution is -2.58. The number of amides is 1. The summed E-state index contributed by atoms with van der Waals surface area (Å²) < 4.78 is 14.3. The maximum Gasteiger partial charge on any atom is 0.409 e. The third kappa shape index (κ3) is 4.44. The molecule has 1 amide bonds. The molecule has 2 aliphatic rings. The van der Waals surface area contributed by atoms with Crippen LogP contribution in [0.3, 0.4) is 0 Å². The van der Waals surface area contributed by atoms with E-state index in [1.54, 1.807) is 11.1 Å². The van der Waals surface area contributed by atoms with Gasteiger partial charge in [-0.2, -0.15) is 5.10 Å². The van der Waals surface area contributed by atoms with E-state index in [4.69, 9.17) is 15.2 Å². The molecule has 4 aromatic rings. The predicted octanol–water partition coefficient (Wildman–Crippen LogP) is 3.25. The molecule has 2 aliphatic heterocycles. The van der Waals surface area contributed by atoms with Gasteiger partial charge in [-0.25, -0.2) is 19.0 Å². The fourth-order valence-corrected chi connectivity index (χ4v) is 6.04. The van der Waals surface area contributed by atoms with E-state index in [0.29, 0.717) is 32.1 Å². The molecule has 2 saturated heterocycles. The largest absolute Gasteiger partial charge is 0.453 e. The van der Waals surface area contributed by atoms with Crippen molar-refractivity contribution in [2.75, 3.05) is 44.0 Å². The van der Waals surface area contributed by atoms with Crippen LogP contribution in [0.25, 0.3) is 28.0 Å². The van der Waals surface area contributed by atoms with Gasteiger partial charge in [0.1, 0.15) is 11.8 Å². The lowest BCUT2D eigenvalue weighted by atomic mass is 10.0. The lowest BCUT2D eigenvalue weighted by molar-refractivity contribution is 0.0662. The summed E-state index contributed by atoms with van der Waals surface area (Å²) in [4.78, 5) is 20.6. The number of piperazine rings is 1. The first-order valence-electron chi connectivity index (χ1n) is 13.3. The van der Waals surface area contributed by atoms with E-state index < -0.39 is 0 Å². The van der Waals surface area contributed by atoms with Gasteiger partial charge in [0.05, 0.1) is 30.7 Å². The second kappa shape index (κ2) is 10.2. The van der Waals surface area contributed by atoms with Crippen LogP contribution < -0.4 is 10.6 Å². The van der Waals surface area contributed by atoms with Crippen molar-refractivity contribution in [3.05, 3.63) is 42.9 Å². The summed E-state index contributed by atoms with van der Waals surface area (Å²) in [6.45, 7) is 6.84. The number of benzene rings is 1. The molecule has 0 bridgehead atoms. The zero-order valence-corrected chi connectivity index (χ0v) is 22.4. The molecular weight excluding hydrogens is 498 g/mol. The van der Waals surface area contributed by atoms with Gasteiger partial charge in [0.2, 0.25) is 0 Å². The van der Waals surface area contributed by atoms with E-state index in [-0.39, 0.29) is 24.2 Å². The minimum atomic E-state index is -0.291. The molecule has 3 aromatic heterocycles. The van der Waals surface area contributed by atoms with E-state index in [0.717, 1.165) is 46.6 Å². The standard InChI is InChI=1S/C27H33N9O3/c1-17-14-33(27(37)38-3)15-18(2)34(17)21-6-4-5-19(11-21)23-12-22(25-26(28)29-16-31-36(23)25)24-13-30-32-35(24)20-7-9-39-10-8-20/h4-6,11-13,16-18,20H,7-10,14-15H2,1-3H3,(H2,28,29,31). The summed E-state index contributed by atoms with van der Waals surface area (Å²) in [5, 5.41) is 13.3. The van der Waals surface area contributed by atoms with E-state index in [1.807, 2.05) is 15.3 Å². The minimum Gasteiger partial charge on any atom is -0.453 e. The van der Waals surface area contributed by atoms with Gasteiger partial charge in [-0.05, 0) is 44.9 Å². The Morgan fingerprint density at radius 2 is 1.87 bits per heavy atom. The van der Waals surface area contributed by atoms with Gasteiger partial charge in [-0.15, -0.1) is 5.10 Å². The van der Waals surface area contributed by atoms with Crippen molar-refractivity contribution >= 4 is 23.1 Å². The highest BCUT2D eigenvalue weighted by Gasteiger charge is 2.33. The van der Waals surface area contributed by atoms with E-state index in [2.05, 4.69) is 63.4 Å². The maximum absolute atomic E-state index is 12.2. The van der Waals surface area contributed by atoms with Crippen molar-refractivity contribution in [2.45, 2.75) is 44.8 Å². The Kier molecular flexibility index (Phi) is 6.55. The van der Waals surface area contributed by atoms with Gasteiger partial charge >= 0.3 is 6.09 Å². The monoisotopic (exact) mass is 531 g/mol. The molecule has 39 heavy (non-hydrogen) atoms. The molecule has 2 unspecified atom stereocenters. The number of hydrogen-bond donors (Lipinski definition) is 1. The van der Waals surface area contributed by atoms with Crippen LogP contribution in [-0.2, 0) is 9.47 Å². The highest BCUT2D eigenvalue weighted by molar-refractivity contribution is 5.91. The highest BCUT2D eigenvalue weighted by Crippen LogP contribution is 2.37. The minimum absolute atomic E-state index is 0.112. The number of nitrogens with zero attached hydrogens (tertiary/aromatic N) is 8. The molecule has 2 fully saturated rings. The molecule has 0 saturated carbocycles. The van der Waals surface area contributed by atoms with Gasteiger partial charge in [0.25, 0.3) is 0 Å². The van der Waals surface area contributed by atoms with Crippen LogP contribution in [0, 0.1) is 0 Å². The fourth-order valence-electron chi connectivity index (χ4n) is 6.04. The normalized spacial score (nSPS) is 20.5. The molecule has 1 aromatic carbocycles. The Morgan fingerprint density at radius 3 is 2.62 bits per heavy atom. The van der Waals surface area contributed by atoms with E-state index >= 15 is 0 Å². The third-order valence-electron chi connectivity index (χ3n) is 7.76. The van der Waals surface area contributed by atoms with Gasteiger partial charge < -0.3 is 25.0 Å². The summed E-state index contributed by atoms with van der Waals surface area (Å²) in [7, 11) is 1.42. The summed E-state index contributed by atoms with van der Waals surface area (Å²) in [6.07, 6.45) is 4.72. The van der Waals surface area contributed by atoms with Crippen molar-refractivity contribution in [3.8, 4) is 22.5 Å². The molecule has 204 valence electrons. The third-order valence-corrected chi connectivity index (χ3v) is 7.76. The van der Waals surface area contributed by atoms with Gasteiger partial charge in [0.15, 0.2) is 5.82 Å². The van der Waals surface area contributed by atoms with Crippen LogP contribution in [-0.4, -0.2) is 86.1 Å². The van der Waals surface area contributed by atoms with Crippen LogP contribution in [0.2, 0.25) is 0 Å². The molecule has 12 heteroatoms. The Labute approximate surface area is 226 Å². The summed E-state index contributed by atoms with van der Waals surface area (Å²) in [6, 6.07) is 10.9. The van der Waals surface area contributed by atoms with Gasteiger partial charge in [-0.3, -0.25) is 0 Å². The maximum atomic E-state index is 12.2. The zero-order valence-electron chi connectivity index (χ0n) is 22.4. The number of anilines is 2. The number of ether oxygens (including phenoxy) is 2. The van der Waals surface area contributed by atoms with E-state index in [1.165, 1.54) is 13.4 Å². The van der Waals surface area contributed by atoms with Crippen molar-refractivity contribution in [1.82, 2.24) is 34.5 Å². The molecular formula is C27H33N9O3. The van der Waals surface area contributed by atoms with Gasteiger partial charge in [-0.1, -0.05) is 17.3 Å². The Balaban J connectivity index is 1.40. The number of aromatic nitrogens is 6. The Hall–Kier alpha value is -4.19. The Bertz CT molecular complexity index is 1480. The molecule has 12 nitrogen and oxygen atoms in total. The topological polar surface area (TPSA) is 129 Å². The smallest absolute Gasteiger partial charge is 0.409 e. The average molecular weight is 532 g/mol.